The molecule has 0 aliphatic rings. The van der Waals surface area contributed by atoms with Gasteiger partial charge in [-0.3, -0.25) is 9.38 Å². The van der Waals surface area contributed by atoms with Crippen LogP contribution in [0.25, 0.3) is 5.52 Å². The highest BCUT2D eigenvalue weighted by molar-refractivity contribution is 5.94. The lowest BCUT2D eigenvalue weighted by molar-refractivity contribution is 0.0693. The first-order valence-corrected chi connectivity index (χ1v) is 4.34. The van der Waals surface area contributed by atoms with Gasteiger partial charge in [-0.05, 0) is 0 Å². The predicted molar refractivity (Wildman–Crippen MR) is 54.3 cm³/mol. The van der Waals surface area contributed by atoms with Crippen LogP contribution in [-0.2, 0) is 0 Å². The first-order chi connectivity index (χ1) is 7.11. The summed E-state index contributed by atoms with van der Waals surface area (Å²) in [4.78, 5) is 20.6. The first-order valence-electron chi connectivity index (χ1n) is 4.34. The molecule has 0 aromatic carbocycles. The van der Waals surface area contributed by atoms with Crippen molar-refractivity contribution >= 4 is 17.4 Å². The number of aromatic carboxylic acids is 1. The molecule has 0 unspecified atom stereocenters. The molecule has 0 bridgehead atoms. The highest BCUT2D eigenvalue weighted by Crippen LogP contribution is 2.17. The fraction of sp³-hybridized carbons (Fsp3) is 0.222. The van der Waals surface area contributed by atoms with E-state index in [1.54, 1.807) is 35.8 Å². The number of anilines is 1. The quantitative estimate of drug-likeness (QED) is 0.774. The van der Waals surface area contributed by atoms with Gasteiger partial charge in [0.05, 0.1) is 6.20 Å². The molecule has 1 N–H and O–H groups in total. The van der Waals surface area contributed by atoms with Crippen molar-refractivity contribution < 1.29 is 9.90 Å². The van der Waals surface area contributed by atoms with Crippen LogP contribution in [0.2, 0.25) is 0 Å². The Morgan fingerprint density at radius 3 is 2.87 bits per heavy atom. The minimum absolute atomic E-state index is 0.0202. The molecule has 0 saturated carbocycles. The van der Waals surface area contributed by atoms with E-state index in [2.05, 4.69) is 9.97 Å². The van der Waals surface area contributed by atoms with Crippen LogP contribution in [-0.4, -0.2) is 39.5 Å². The Labute approximate surface area is 85.8 Å². The molecule has 0 aliphatic heterocycles. The molecule has 0 atom stereocenters. The number of carboxylic acids is 1. The largest absolute Gasteiger partial charge is 0.476 e. The summed E-state index contributed by atoms with van der Waals surface area (Å²) in [7, 11) is 3.61. The summed E-state index contributed by atoms with van der Waals surface area (Å²) in [6.45, 7) is 0. The molecule has 0 fully saturated rings. The summed E-state index contributed by atoms with van der Waals surface area (Å²) in [5.41, 5.74) is 0.514. The van der Waals surface area contributed by atoms with Crippen molar-refractivity contribution in [3.63, 3.8) is 0 Å². The smallest absolute Gasteiger partial charge is 0.356 e. The van der Waals surface area contributed by atoms with Gasteiger partial charge in [-0.1, -0.05) is 0 Å². The van der Waals surface area contributed by atoms with Crippen molar-refractivity contribution in [3.8, 4) is 0 Å². The van der Waals surface area contributed by atoms with Gasteiger partial charge in [0.2, 0.25) is 5.95 Å². The average Bonchev–Trinajstić information content (AvgIpc) is 2.56. The van der Waals surface area contributed by atoms with Gasteiger partial charge in [0.15, 0.2) is 5.69 Å². The molecule has 2 rings (SSSR count). The van der Waals surface area contributed by atoms with Crippen LogP contribution in [0.4, 0.5) is 5.95 Å². The predicted octanol–water partition coefficient (Wildman–Crippen LogP) is 0.493. The number of imidazole rings is 1. The zero-order valence-electron chi connectivity index (χ0n) is 8.38. The summed E-state index contributed by atoms with van der Waals surface area (Å²) in [6.07, 6.45) is 4.76. The SMILES string of the molecule is CN(C)c1nc(C(=O)O)c2cnccn12. The van der Waals surface area contributed by atoms with Crippen molar-refractivity contribution in [3.05, 3.63) is 24.3 Å². The third-order valence-electron chi connectivity index (χ3n) is 2.03. The van der Waals surface area contributed by atoms with Crippen molar-refractivity contribution in [2.24, 2.45) is 0 Å². The van der Waals surface area contributed by atoms with Gasteiger partial charge >= 0.3 is 5.97 Å². The summed E-state index contributed by atoms with van der Waals surface area (Å²) in [5.74, 6) is -0.474. The normalized spacial score (nSPS) is 10.5. The molecular weight excluding hydrogens is 196 g/mol. The van der Waals surface area contributed by atoms with Gasteiger partial charge in [-0.2, -0.15) is 0 Å². The van der Waals surface area contributed by atoms with Crippen molar-refractivity contribution in [1.82, 2.24) is 14.4 Å². The van der Waals surface area contributed by atoms with Gasteiger partial charge in [0.1, 0.15) is 5.52 Å². The monoisotopic (exact) mass is 206 g/mol. The summed E-state index contributed by atoms with van der Waals surface area (Å²) in [6, 6.07) is 0. The van der Waals surface area contributed by atoms with Gasteiger partial charge < -0.3 is 10.0 Å². The molecule has 2 aromatic heterocycles. The van der Waals surface area contributed by atoms with Crippen LogP contribution in [0.5, 0.6) is 0 Å². The fourth-order valence-corrected chi connectivity index (χ4v) is 1.39. The zero-order chi connectivity index (χ0) is 11.0. The maximum Gasteiger partial charge on any atom is 0.356 e. The molecular formula is C9H10N4O2. The number of carboxylic acid groups (broad SMARTS) is 1. The van der Waals surface area contributed by atoms with Crippen LogP contribution in [0, 0.1) is 0 Å². The van der Waals surface area contributed by atoms with E-state index in [0.29, 0.717) is 11.5 Å². The Hall–Kier alpha value is -2.11. The molecule has 78 valence electrons. The van der Waals surface area contributed by atoms with Crippen LogP contribution in [0.1, 0.15) is 10.5 Å². The number of nitrogens with zero attached hydrogens (tertiary/aromatic N) is 4. The van der Waals surface area contributed by atoms with E-state index in [4.69, 9.17) is 5.11 Å². The molecule has 6 nitrogen and oxygen atoms in total. The van der Waals surface area contributed by atoms with E-state index in [1.165, 1.54) is 6.20 Å². The second-order valence-corrected chi connectivity index (χ2v) is 3.29. The first kappa shape index (κ1) is 9.45. The maximum atomic E-state index is 10.9. The third-order valence-corrected chi connectivity index (χ3v) is 2.03. The molecule has 0 amide bonds. The minimum atomic E-state index is -1.05. The highest BCUT2D eigenvalue weighted by atomic mass is 16.4. The highest BCUT2D eigenvalue weighted by Gasteiger charge is 2.17. The maximum absolute atomic E-state index is 10.9. The molecule has 2 heterocycles. The lowest BCUT2D eigenvalue weighted by atomic mass is 10.4. The van der Waals surface area contributed by atoms with Crippen molar-refractivity contribution in [2.45, 2.75) is 0 Å². The molecule has 15 heavy (non-hydrogen) atoms. The van der Waals surface area contributed by atoms with Crippen LogP contribution in [0.3, 0.4) is 0 Å². The zero-order valence-corrected chi connectivity index (χ0v) is 8.38. The van der Waals surface area contributed by atoms with E-state index in [0.717, 1.165) is 0 Å². The molecule has 0 spiro atoms. The number of aromatic nitrogens is 3. The average molecular weight is 206 g/mol. The second-order valence-electron chi connectivity index (χ2n) is 3.29. The fourth-order valence-electron chi connectivity index (χ4n) is 1.39. The standard InChI is InChI=1S/C9H10N4O2/c1-12(2)9-11-7(8(14)15)6-5-10-3-4-13(6)9/h3-5H,1-2H3,(H,14,15). The molecule has 6 heteroatoms. The third kappa shape index (κ3) is 1.39. The topological polar surface area (TPSA) is 70.7 Å². The number of fused-ring (bicyclic) bond motifs is 1. The number of carbonyl (C=O) groups is 1. The molecule has 2 aromatic rings. The van der Waals surface area contributed by atoms with Gasteiger partial charge in [-0.25, -0.2) is 9.78 Å². The lowest BCUT2D eigenvalue weighted by Crippen LogP contribution is -2.12. The van der Waals surface area contributed by atoms with Crippen LogP contribution < -0.4 is 4.90 Å². The molecule has 0 aliphatic carbocycles. The summed E-state index contributed by atoms with van der Waals surface area (Å²) >= 11 is 0. The summed E-state index contributed by atoms with van der Waals surface area (Å²) < 4.78 is 1.69. The number of hydrogen-bond acceptors (Lipinski definition) is 4. The Kier molecular flexibility index (Phi) is 2.03. The van der Waals surface area contributed by atoms with Crippen molar-refractivity contribution in [2.75, 3.05) is 19.0 Å². The van der Waals surface area contributed by atoms with Gasteiger partial charge in [-0.15, -0.1) is 0 Å². The van der Waals surface area contributed by atoms with E-state index in [1.807, 2.05) is 0 Å². The van der Waals surface area contributed by atoms with Gasteiger partial charge in [0, 0.05) is 26.5 Å². The lowest BCUT2D eigenvalue weighted by Gasteiger charge is -2.08. The van der Waals surface area contributed by atoms with E-state index >= 15 is 0 Å². The van der Waals surface area contributed by atoms with Gasteiger partial charge in [0.25, 0.3) is 0 Å². The minimum Gasteiger partial charge on any atom is -0.476 e. The molecule has 0 saturated heterocycles. The Balaban J connectivity index is 2.79. The Bertz CT molecular complexity index is 518. The molecule has 0 radical (unpaired) electrons. The Morgan fingerprint density at radius 2 is 2.27 bits per heavy atom. The number of hydrogen-bond donors (Lipinski definition) is 1. The summed E-state index contributed by atoms with van der Waals surface area (Å²) in [5, 5.41) is 8.96. The number of rotatable bonds is 2. The Morgan fingerprint density at radius 1 is 1.53 bits per heavy atom. The van der Waals surface area contributed by atoms with Crippen LogP contribution >= 0.6 is 0 Å². The van der Waals surface area contributed by atoms with E-state index in [-0.39, 0.29) is 5.69 Å². The van der Waals surface area contributed by atoms with E-state index in [9.17, 15) is 4.79 Å². The van der Waals surface area contributed by atoms with Crippen LogP contribution in [0.15, 0.2) is 18.6 Å². The van der Waals surface area contributed by atoms with E-state index < -0.39 is 5.97 Å². The second kappa shape index (κ2) is 3.23. The van der Waals surface area contributed by atoms with Crippen molar-refractivity contribution in [1.29, 1.82) is 0 Å².